The van der Waals surface area contributed by atoms with Gasteiger partial charge in [0.2, 0.25) is 0 Å². The van der Waals surface area contributed by atoms with E-state index < -0.39 is 0 Å². The molecule has 0 saturated carbocycles. The fourth-order valence-electron chi connectivity index (χ4n) is 2.17. The molecule has 18 heavy (non-hydrogen) atoms. The minimum atomic E-state index is 1.17. The maximum Gasteiger partial charge on any atom is 0.0351 e. The van der Waals surface area contributed by atoms with Gasteiger partial charge in [-0.1, -0.05) is 44.2 Å². The summed E-state index contributed by atoms with van der Waals surface area (Å²) in [5.74, 6) is 0. The Labute approximate surface area is 114 Å². The lowest BCUT2D eigenvalue weighted by atomic mass is 9.99. The monoisotopic (exact) mass is 256 g/mol. The molecule has 0 N–H and O–H groups in total. The Hall–Kier alpha value is -1.34. The quantitative estimate of drug-likeness (QED) is 0.589. The van der Waals surface area contributed by atoms with Gasteiger partial charge in [0, 0.05) is 9.58 Å². The minimum absolute atomic E-state index is 1.17. The molecule has 1 heterocycles. The van der Waals surface area contributed by atoms with Crippen LogP contribution in [0.4, 0.5) is 0 Å². The second-order valence-corrected chi connectivity index (χ2v) is 5.54. The number of hydrogen-bond acceptors (Lipinski definition) is 1. The van der Waals surface area contributed by atoms with Crippen molar-refractivity contribution in [3.05, 3.63) is 52.9 Å². The van der Waals surface area contributed by atoms with Crippen molar-refractivity contribution in [2.45, 2.75) is 33.6 Å². The Morgan fingerprint density at radius 2 is 1.89 bits per heavy atom. The Kier molecular flexibility index (Phi) is 4.38. The van der Waals surface area contributed by atoms with E-state index in [-0.39, 0.29) is 0 Å². The van der Waals surface area contributed by atoms with E-state index in [9.17, 15) is 0 Å². The average molecular weight is 256 g/mol. The molecule has 1 aromatic carbocycles. The van der Waals surface area contributed by atoms with Gasteiger partial charge in [-0.25, -0.2) is 0 Å². The number of thiophene rings is 1. The first kappa shape index (κ1) is 13.1. The molecule has 0 saturated heterocycles. The van der Waals surface area contributed by atoms with Gasteiger partial charge >= 0.3 is 0 Å². The summed E-state index contributed by atoms with van der Waals surface area (Å²) in [6, 6.07) is 9.04. The van der Waals surface area contributed by atoms with E-state index in [4.69, 9.17) is 0 Å². The van der Waals surface area contributed by atoms with Gasteiger partial charge in [-0.05, 0) is 48.4 Å². The van der Waals surface area contributed by atoms with Crippen LogP contribution in [-0.4, -0.2) is 0 Å². The number of aryl methyl sites for hydroxylation is 1. The van der Waals surface area contributed by atoms with Gasteiger partial charge in [-0.3, -0.25) is 0 Å². The molecule has 3 rings (SSSR count). The molecule has 0 bridgehead atoms. The topological polar surface area (TPSA) is 0 Å². The minimum Gasteiger partial charge on any atom is -0.141 e. The van der Waals surface area contributed by atoms with Crippen molar-refractivity contribution in [1.29, 1.82) is 0 Å². The Balaban J connectivity index is 0.000000574. The van der Waals surface area contributed by atoms with E-state index in [0.29, 0.717) is 0 Å². The largest absolute Gasteiger partial charge is 0.141 e. The van der Waals surface area contributed by atoms with Crippen molar-refractivity contribution >= 4 is 27.0 Å². The van der Waals surface area contributed by atoms with Crippen LogP contribution in [0.3, 0.4) is 0 Å². The summed E-state index contributed by atoms with van der Waals surface area (Å²) in [6.07, 6.45) is 9.20. The predicted octanol–water partition coefficient (Wildman–Crippen LogP) is 5.97. The van der Waals surface area contributed by atoms with Crippen LogP contribution in [0.2, 0.25) is 0 Å². The van der Waals surface area contributed by atoms with E-state index in [2.05, 4.69) is 49.4 Å². The second-order valence-electron chi connectivity index (χ2n) is 4.25. The molecule has 0 radical (unpaired) electrons. The molecule has 0 fully saturated rings. The Morgan fingerprint density at radius 3 is 2.61 bits per heavy atom. The summed E-state index contributed by atoms with van der Waals surface area (Å²) in [4.78, 5) is 1.39. The summed E-state index contributed by atoms with van der Waals surface area (Å²) >= 11 is 1.88. The van der Waals surface area contributed by atoms with Gasteiger partial charge in [0.25, 0.3) is 0 Å². The molecule has 1 heteroatoms. The highest BCUT2D eigenvalue weighted by molar-refractivity contribution is 7.19. The maximum absolute atomic E-state index is 2.33. The lowest BCUT2D eigenvalue weighted by Crippen LogP contribution is -1.84. The molecule has 2 aromatic rings. The van der Waals surface area contributed by atoms with Crippen LogP contribution >= 0.6 is 11.3 Å². The van der Waals surface area contributed by atoms with Crippen molar-refractivity contribution in [3.63, 3.8) is 0 Å². The smallest absolute Gasteiger partial charge is 0.0351 e. The molecule has 0 unspecified atom stereocenters. The summed E-state index contributed by atoms with van der Waals surface area (Å²) in [6.45, 7) is 6.17. The van der Waals surface area contributed by atoms with Crippen LogP contribution in [0.5, 0.6) is 0 Å². The number of hydrogen-bond donors (Lipinski definition) is 0. The zero-order valence-corrected chi connectivity index (χ0v) is 12.2. The van der Waals surface area contributed by atoms with E-state index >= 15 is 0 Å². The number of fused-ring (bicyclic) bond motifs is 1. The summed E-state index contributed by atoms with van der Waals surface area (Å²) in [5.41, 5.74) is 2.73. The third kappa shape index (κ3) is 2.73. The van der Waals surface area contributed by atoms with Crippen molar-refractivity contribution < 1.29 is 0 Å². The molecule has 1 aliphatic carbocycles. The van der Waals surface area contributed by atoms with E-state index in [1.54, 1.807) is 0 Å². The first-order valence-electron chi connectivity index (χ1n) is 6.70. The van der Waals surface area contributed by atoms with Crippen molar-refractivity contribution in [2.75, 3.05) is 0 Å². The van der Waals surface area contributed by atoms with Crippen LogP contribution in [0.25, 0.3) is 15.7 Å². The molecular formula is C17H20S. The van der Waals surface area contributed by atoms with Crippen molar-refractivity contribution in [3.8, 4) is 0 Å². The summed E-state index contributed by atoms with van der Waals surface area (Å²) in [5, 5.41) is 1.37. The van der Waals surface area contributed by atoms with Gasteiger partial charge in [0.15, 0.2) is 0 Å². The van der Waals surface area contributed by atoms with E-state index in [1.165, 1.54) is 38.9 Å². The zero-order chi connectivity index (χ0) is 13.0. The third-order valence-corrected chi connectivity index (χ3v) is 3.98. The van der Waals surface area contributed by atoms with Crippen LogP contribution in [0, 0.1) is 6.92 Å². The standard InChI is InChI=1S/C15H14S.C2H6/c1-11-9-14-8-7-13(10-15(14)16-11)12-5-3-2-4-6-12;1-2/h3,5-10H,2,4H2,1H3;1-2H3. The highest BCUT2D eigenvalue weighted by Crippen LogP contribution is 2.29. The first-order valence-corrected chi connectivity index (χ1v) is 7.52. The zero-order valence-electron chi connectivity index (χ0n) is 11.4. The van der Waals surface area contributed by atoms with Crippen molar-refractivity contribution in [2.24, 2.45) is 0 Å². The molecule has 0 spiro atoms. The summed E-state index contributed by atoms with van der Waals surface area (Å²) < 4.78 is 1.40. The molecule has 0 atom stereocenters. The summed E-state index contributed by atoms with van der Waals surface area (Å²) in [7, 11) is 0. The normalized spacial score (nSPS) is 14.1. The van der Waals surface area contributed by atoms with Gasteiger partial charge in [0.1, 0.15) is 0 Å². The average Bonchev–Trinajstić information content (AvgIpc) is 2.81. The maximum atomic E-state index is 2.33. The van der Waals surface area contributed by atoms with Gasteiger partial charge in [-0.2, -0.15) is 0 Å². The molecule has 94 valence electrons. The molecule has 0 aliphatic heterocycles. The molecule has 1 aliphatic rings. The fraction of sp³-hybridized carbons (Fsp3) is 0.294. The van der Waals surface area contributed by atoms with Gasteiger partial charge in [0.05, 0.1) is 0 Å². The Bertz CT molecular complexity index is 585. The van der Waals surface area contributed by atoms with Crippen LogP contribution in [0.1, 0.15) is 37.1 Å². The van der Waals surface area contributed by atoms with Gasteiger partial charge < -0.3 is 0 Å². The molecule has 0 amide bonds. The SMILES string of the molecule is CC.Cc1cc2ccc(C3=CCCC=C3)cc2s1. The van der Waals surface area contributed by atoms with Crippen molar-refractivity contribution in [1.82, 2.24) is 0 Å². The Morgan fingerprint density at radius 1 is 1.06 bits per heavy atom. The third-order valence-electron chi connectivity index (χ3n) is 2.97. The number of benzene rings is 1. The number of allylic oxidation sites excluding steroid dienone is 4. The van der Waals surface area contributed by atoms with E-state index in [0.717, 1.165) is 0 Å². The van der Waals surface area contributed by atoms with Gasteiger partial charge in [-0.15, -0.1) is 11.3 Å². The van der Waals surface area contributed by atoms with Crippen LogP contribution in [0.15, 0.2) is 42.5 Å². The second kappa shape index (κ2) is 6.01. The number of rotatable bonds is 1. The first-order chi connectivity index (χ1) is 8.83. The molecule has 0 nitrogen and oxygen atoms in total. The van der Waals surface area contributed by atoms with Crippen LogP contribution in [-0.2, 0) is 0 Å². The molecule has 1 aromatic heterocycles. The predicted molar refractivity (Wildman–Crippen MR) is 84.3 cm³/mol. The van der Waals surface area contributed by atoms with Crippen LogP contribution < -0.4 is 0 Å². The fourth-order valence-corrected chi connectivity index (χ4v) is 3.13. The van der Waals surface area contributed by atoms with E-state index in [1.807, 2.05) is 25.2 Å². The highest BCUT2D eigenvalue weighted by Gasteiger charge is 2.04. The lowest BCUT2D eigenvalue weighted by molar-refractivity contribution is 1.04. The highest BCUT2D eigenvalue weighted by atomic mass is 32.1. The molecular weight excluding hydrogens is 236 g/mol. The lowest BCUT2D eigenvalue weighted by Gasteiger charge is -2.06.